The minimum Gasteiger partial charge on any atom is -0.268 e. The first-order valence-electron chi connectivity index (χ1n) is 6.76. The highest BCUT2D eigenvalue weighted by Gasteiger charge is 2.34. The maximum atomic E-state index is 12.8. The number of anilines is 1. The summed E-state index contributed by atoms with van der Waals surface area (Å²) in [5.74, 6) is -0.162. The standard InChI is InChI=1S/C17H11Cl2NOS2/c1-10-5-2-3-8-14(10)20-16(21)15(23-17(20)22)9-11-12(18)6-4-7-13(11)19/h2-9H,1H3/b15-9+. The maximum Gasteiger partial charge on any atom is 0.270 e. The normalized spacial score (nSPS) is 16.5. The van der Waals surface area contributed by atoms with Crippen LogP contribution >= 0.6 is 47.2 Å². The highest BCUT2D eigenvalue weighted by Crippen LogP contribution is 2.38. The van der Waals surface area contributed by atoms with Gasteiger partial charge in [-0.15, -0.1) is 0 Å². The summed E-state index contributed by atoms with van der Waals surface area (Å²) in [6.07, 6.45) is 1.70. The summed E-state index contributed by atoms with van der Waals surface area (Å²) in [6, 6.07) is 12.9. The molecule has 116 valence electrons. The zero-order chi connectivity index (χ0) is 16.6. The van der Waals surface area contributed by atoms with Crippen molar-refractivity contribution in [3.63, 3.8) is 0 Å². The molecule has 2 aromatic rings. The fourth-order valence-corrected chi connectivity index (χ4v) is 4.04. The van der Waals surface area contributed by atoms with E-state index in [0.717, 1.165) is 11.3 Å². The number of rotatable bonds is 2. The van der Waals surface area contributed by atoms with Gasteiger partial charge in [0, 0.05) is 15.6 Å². The van der Waals surface area contributed by atoms with E-state index in [0.29, 0.717) is 24.8 Å². The summed E-state index contributed by atoms with van der Waals surface area (Å²) >= 11 is 19.0. The summed E-state index contributed by atoms with van der Waals surface area (Å²) in [6.45, 7) is 1.95. The maximum absolute atomic E-state index is 12.8. The average Bonchev–Trinajstić information content (AvgIpc) is 2.78. The number of amides is 1. The topological polar surface area (TPSA) is 20.3 Å². The first kappa shape index (κ1) is 16.5. The van der Waals surface area contributed by atoms with Crippen molar-refractivity contribution in [3.05, 3.63) is 68.5 Å². The zero-order valence-corrected chi connectivity index (χ0v) is 15.2. The van der Waals surface area contributed by atoms with Crippen molar-refractivity contribution in [1.29, 1.82) is 0 Å². The van der Waals surface area contributed by atoms with Crippen LogP contribution in [0.2, 0.25) is 10.0 Å². The number of carbonyl (C=O) groups is 1. The third-order valence-electron chi connectivity index (χ3n) is 3.43. The van der Waals surface area contributed by atoms with Gasteiger partial charge >= 0.3 is 0 Å². The van der Waals surface area contributed by atoms with Gasteiger partial charge in [0.25, 0.3) is 5.91 Å². The fraction of sp³-hybridized carbons (Fsp3) is 0.0588. The van der Waals surface area contributed by atoms with Crippen LogP contribution in [0.1, 0.15) is 11.1 Å². The molecule has 0 atom stereocenters. The second kappa shape index (κ2) is 6.65. The number of para-hydroxylation sites is 1. The van der Waals surface area contributed by atoms with Gasteiger partial charge in [0.05, 0.1) is 10.6 Å². The zero-order valence-electron chi connectivity index (χ0n) is 12.0. The van der Waals surface area contributed by atoms with E-state index in [1.165, 1.54) is 11.8 Å². The van der Waals surface area contributed by atoms with Gasteiger partial charge in [-0.1, -0.05) is 71.4 Å². The highest BCUT2D eigenvalue weighted by molar-refractivity contribution is 8.27. The van der Waals surface area contributed by atoms with Crippen LogP contribution in [0.15, 0.2) is 47.4 Å². The summed E-state index contributed by atoms with van der Waals surface area (Å²) in [4.78, 5) is 14.8. The van der Waals surface area contributed by atoms with E-state index in [9.17, 15) is 4.79 Å². The molecule has 1 heterocycles. The smallest absolute Gasteiger partial charge is 0.268 e. The van der Waals surface area contributed by atoms with Gasteiger partial charge in [-0.25, -0.2) is 0 Å². The van der Waals surface area contributed by atoms with Crippen LogP contribution in [0.4, 0.5) is 5.69 Å². The first-order chi connectivity index (χ1) is 11.0. The molecule has 0 unspecified atom stereocenters. The summed E-state index contributed by atoms with van der Waals surface area (Å²) < 4.78 is 0.499. The largest absolute Gasteiger partial charge is 0.270 e. The Bertz CT molecular complexity index is 828. The third-order valence-corrected chi connectivity index (χ3v) is 5.39. The van der Waals surface area contributed by atoms with Gasteiger partial charge in [0.15, 0.2) is 4.32 Å². The van der Waals surface area contributed by atoms with E-state index < -0.39 is 0 Å². The molecular weight excluding hydrogens is 369 g/mol. The van der Waals surface area contributed by atoms with Crippen LogP contribution < -0.4 is 4.90 Å². The van der Waals surface area contributed by atoms with Crippen LogP contribution in [0.25, 0.3) is 6.08 Å². The molecule has 1 saturated heterocycles. The predicted molar refractivity (Wildman–Crippen MR) is 103 cm³/mol. The molecule has 0 radical (unpaired) electrons. The van der Waals surface area contributed by atoms with Crippen molar-refractivity contribution >= 4 is 69.2 Å². The Morgan fingerprint density at radius 2 is 1.74 bits per heavy atom. The fourth-order valence-electron chi connectivity index (χ4n) is 2.27. The Labute approximate surface area is 154 Å². The van der Waals surface area contributed by atoms with E-state index >= 15 is 0 Å². The monoisotopic (exact) mass is 379 g/mol. The molecule has 2 nitrogen and oxygen atoms in total. The predicted octanol–water partition coefficient (Wildman–Crippen LogP) is 5.71. The van der Waals surface area contributed by atoms with Gasteiger partial charge in [0.1, 0.15) is 0 Å². The van der Waals surface area contributed by atoms with Crippen molar-refractivity contribution in [3.8, 4) is 0 Å². The Morgan fingerprint density at radius 3 is 2.39 bits per heavy atom. The molecule has 1 fully saturated rings. The van der Waals surface area contributed by atoms with Gasteiger partial charge in [0.2, 0.25) is 0 Å². The molecule has 0 saturated carbocycles. The lowest BCUT2D eigenvalue weighted by Gasteiger charge is -2.16. The molecular formula is C17H11Cl2NOS2. The molecule has 23 heavy (non-hydrogen) atoms. The molecule has 6 heteroatoms. The quantitative estimate of drug-likeness (QED) is 0.492. The van der Waals surface area contributed by atoms with E-state index in [1.54, 1.807) is 29.2 Å². The van der Waals surface area contributed by atoms with E-state index in [-0.39, 0.29) is 5.91 Å². The highest BCUT2D eigenvalue weighted by atomic mass is 35.5. The number of nitrogens with zero attached hydrogens (tertiary/aromatic N) is 1. The van der Waals surface area contributed by atoms with Gasteiger partial charge in [-0.3, -0.25) is 9.69 Å². The van der Waals surface area contributed by atoms with Crippen LogP contribution in [-0.4, -0.2) is 10.2 Å². The minimum atomic E-state index is -0.162. The summed E-state index contributed by atoms with van der Waals surface area (Å²) in [7, 11) is 0. The van der Waals surface area contributed by atoms with Crippen molar-refractivity contribution in [2.45, 2.75) is 6.92 Å². The number of carbonyl (C=O) groups excluding carboxylic acids is 1. The summed E-state index contributed by atoms with van der Waals surface area (Å²) in [5, 5.41) is 0.998. The Hall–Kier alpha value is -1.33. The van der Waals surface area contributed by atoms with Crippen LogP contribution in [0.5, 0.6) is 0 Å². The van der Waals surface area contributed by atoms with Crippen molar-refractivity contribution in [2.24, 2.45) is 0 Å². The first-order valence-corrected chi connectivity index (χ1v) is 8.74. The average molecular weight is 380 g/mol. The minimum absolute atomic E-state index is 0.162. The van der Waals surface area contributed by atoms with E-state index in [1.807, 2.05) is 31.2 Å². The Morgan fingerprint density at radius 1 is 1.09 bits per heavy atom. The Balaban J connectivity index is 2.02. The molecule has 1 amide bonds. The third kappa shape index (κ3) is 3.17. The molecule has 3 rings (SSSR count). The van der Waals surface area contributed by atoms with Crippen molar-refractivity contribution in [1.82, 2.24) is 0 Å². The molecule has 1 aliphatic heterocycles. The summed E-state index contributed by atoms with van der Waals surface area (Å²) in [5.41, 5.74) is 2.41. The lowest BCUT2D eigenvalue weighted by atomic mass is 10.1. The number of benzene rings is 2. The molecule has 0 bridgehead atoms. The second-order valence-electron chi connectivity index (χ2n) is 4.94. The molecule has 0 spiro atoms. The van der Waals surface area contributed by atoms with Crippen molar-refractivity contribution in [2.75, 3.05) is 4.90 Å². The number of aryl methyl sites for hydroxylation is 1. The number of thiocarbonyl (C=S) groups is 1. The van der Waals surface area contributed by atoms with E-state index in [2.05, 4.69) is 0 Å². The number of halogens is 2. The molecule has 0 aliphatic carbocycles. The van der Waals surface area contributed by atoms with E-state index in [4.69, 9.17) is 35.4 Å². The number of hydrogen-bond acceptors (Lipinski definition) is 3. The van der Waals surface area contributed by atoms with Crippen LogP contribution in [0.3, 0.4) is 0 Å². The Kier molecular flexibility index (Phi) is 4.78. The number of hydrogen-bond donors (Lipinski definition) is 0. The van der Waals surface area contributed by atoms with Crippen LogP contribution in [0, 0.1) is 6.92 Å². The van der Waals surface area contributed by atoms with Gasteiger partial charge in [-0.05, 0) is 36.8 Å². The lowest BCUT2D eigenvalue weighted by Crippen LogP contribution is -2.28. The number of thioether (sulfide) groups is 1. The molecule has 0 N–H and O–H groups in total. The van der Waals surface area contributed by atoms with Crippen molar-refractivity contribution < 1.29 is 4.79 Å². The molecule has 2 aromatic carbocycles. The SMILES string of the molecule is Cc1ccccc1N1C(=O)/C(=C\c2c(Cl)cccc2Cl)SC1=S. The van der Waals surface area contributed by atoms with Gasteiger partial charge in [-0.2, -0.15) is 0 Å². The molecule has 0 aromatic heterocycles. The van der Waals surface area contributed by atoms with Gasteiger partial charge < -0.3 is 0 Å². The molecule has 1 aliphatic rings. The lowest BCUT2D eigenvalue weighted by molar-refractivity contribution is -0.113. The van der Waals surface area contributed by atoms with Crippen LogP contribution in [-0.2, 0) is 4.79 Å². The second-order valence-corrected chi connectivity index (χ2v) is 7.43.